The van der Waals surface area contributed by atoms with Crippen LogP contribution < -0.4 is 5.73 Å². The van der Waals surface area contributed by atoms with Gasteiger partial charge >= 0.3 is 5.97 Å². The Morgan fingerprint density at radius 3 is 2.47 bits per heavy atom. The van der Waals surface area contributed by atoms with E-state index in [1.165, 1.54) is 7.11 Å². The Bertz CT molecular complexity index is 291. The predicted molar refractivity (Wildman–Crippen MR) is 64.2 cm³/mol. The molecular formula is C12H22N2O3. The van der Waals surface area contributed by atoms with Crippen molar-refractivity contribution in [3.05, 3.63) is 0 Å². The first-order valence-corrected chi connectivity index (χ1v) is 6.08. The van der Waals surface area contributed by atoms with E-state index in [0.717, 1.165) is 19.3 Å². The van der Waals surface area contributed by atoms with Crippen molar-refractivity contribution in [3.8, 4) is 0 Å². The molecule has 2 unspecified atom stereocenters. The van der Waals surface area contributed by atoms with E-state index in [0.29, 0.717) is 0 Å². The van der Waals surface area contributed by atoms with E-state index in [9.17, 15) is 9.59 Å². The number of nitrogens with zero attached hydrogens (tertiary/aromatic N) is 1. The van der Waals surface area contributed by atoms with E-state index in [1.807, 2.05) is 13.8 Å². The van der Waals surface area contributed by atoms with Crippen LogP contribution >= 0.6 is 0 Å². The Morgan fingerprint density at radius 1 is 1.41 bits per heavy atom. The second kappa shape index (κ2) is 6.00. The number of hydrogen-bond acceptors (Lipinski definition) is 4. The van der Waals surface area contributed by atoms with Gasteiger partial charge in [-0.25, -0.2) is 0 Å². The van der Waals surface area contributed by atoms with Crippen LogP contribution in [0.4, 0.5) is 0 Å². The van der Waals surface area contributed by atoms with Gasteiger partial charge in [0.2, 0.25) is 5.91 Å². The number of carbonyl (C=O) groups is 2. The number of rotatable bonds is 4. The van der Waals surface area contributed by atoms with Crippen LogP contribution in [0.3, 0.4) is 0 Å². The van der Waals surface area contributed by atoms with E-state index < -0.39 is 0 Å². The summed E-state index contributed by atoms with van der Waals surface area (Å²) in [5, 5.41) is 0. The quantitative estimate of drug-likeness (QED) is 0.730. The van der Waals surface area contributed by atoms with Crippen molar-refractivity contribution in [2.24, 2.45) is 11.7 Å². The summed E-state index contributed by atoms with van der Waals surface area (Å²) in [5.74, 6) is -0.384. The molecule has 0 saturated heterocycles. The monoisotopic (exact) mass is 242 g/mol. The molecule has 1 saturated carbocycles. The first kappa shape index (κ1) is 14.0. The first-order valence-electron chi connectivity index (χ1n) is 6.08. The summed E-state index contributed by atoms with van der Waals surface area (Å²) in [4.78, 5) is 25.1. The number of ether oxygens (including phenoxy) is 1. The minimum absolute atomic E-state index is 0.00146. The van der Waals surface area contributed by atoms with Crippen molar-refractivity contribution in [1.82, 2.24) is 4.90 Å². The second-order valence-electron chi connectivity index (χ2n) is 4.91. The standard InChI is InChI=1S/C12H22N2O3/c1-8(2)14(7-11(15)17-3)12(16)9-4-5-10(13)6-9/h8-10H,4-7,13H2,1-3H3. The van der Waals surface area contributed by atoms with Crippen LogP contribution in [0.5, 0.6) is 0 Å². The van der Waals surface area contributed by atoms with Crippen LogP contribution in [-0.4, -0.2) is 42.5 Å². The molecule has 2 N–H and O–H groups in total. The molecule has 98 valence electrons. The number of carbonyl (C=O) groups excluding carboxylic acids is 2. The van der Waals surface area contributed by atoms with Gasteiger partial charge in [-0.05, 0) is 33.1 Å². The third-order valence-corrected chi connectivity index (χ3v) is 3.26. The van der Waals surface area contributed by atoms with Crippen molar-refractivity contribution >= 4 is 11.9 Å². The van der Waals surface area contributed by atoms with Gasteiger partial charge in [-0.2, -0.15) is 0 Å². The van der Waals surface area contributed by atoms with Crippen LogP contribution in [0.25, 0.3) is 0 Å². The summed E-state index contributed by atoms with van der Waals surface area (Å²) in [6.45, 7) is 3.82. The van der Waals surface area contributed by atoms with Gasteiger partial charge in [0.15, 0.2) is 0 Å². The van der Waals surface area contributed by atoms with Gasteiger partial charge in [0.1, 0.15) is 6.54 Å². The Labute approximate surface area is 102 Å². The first-order chi connectivity index (χ1) is 7.95. The Balaban J connectivity index is 2.63. The van der Waals surface area contributed by atoms with Gasteiger partial charge in [-0.15, -0.1) is 0 Å². The van der Waals surface area contributed by atoms with Crippen LogP contribution in [-0.2, 0) is 14.3 Å². The normalized spacial score (nSPS) is 23.8. The van der Waals surface area contributed by atoms with Crippen LogP contribution in [0, 0.1) is 5.92 Å². The fraction of sp³-hybridized carbons (Fsp3) is 0.833. The molecule has 0 bridgehead atoms. The topological polar surface area (TPSA) is 72.6 Å². The largest absolute Gasteiger partial charge is 0.468 e. The molecule has 5 heteroatoms. The lowest BCUT2D eigenvalue weighted by molar-refractivity contribution is -0.149. The van der Waals surface area contributed by atoms with Crippen LogP contribution in [0.1, 0.15) is 33.1 Å². The van der Waals surface area contributed by atoms with Gasteiger partial charge in [-0.3, -0.25) is 9.59 Å². The summed E-state index contributed by atoms with van der Waals surface area (Å²) in [6.07, 6.45) is 2.44. The average Bonchev–Trinajstić information content (AvgIpc) is 2.71. The van der Waals surface area contributed by atoms with Gasteiger partial charge in [-0.1, -0.05) is 0 Å². The Morgan fingerprint density at radius 2 is 2.06 bits per heavy atom. The molecule has 0 heterocycles. The number of nitrogens with two attached hydrogens (primary N) is 1. The molecule has 0 aliphatic heterocycles. The van der Waals surface area contributed by atoms with E-state index in [4.69, 9.17) is 5.73 Å². The molecule has 0 aromatic carbocycles. The fourth-order valence-corrected chi connectivity index (χ4v) is 2.19. The van der Waals surface area contributed by atoms with Crippen molar-refractivity contribution < 1.29 is 14.3 Å². The van der Waals surface area contributed by atoms with Gasteiger partial charge in [0.05, 0.1) is 7.11 Å². The van der Waals surface area contributed by atoms with E-state index in [-0.39, 0.29) is 36.4 Å². The molecule has 0 radical (unpaired) electrons. The number of amides is 1. The molecular weight excluding hydrogens is 220 g/mol. The summed E-state index contributed by atoms with van der Waals surface area (Å²) in [7, 11) is 1.33. The molecule has 17 heavy (non-hydrogen) atoms. The predicted octanol–water partition coefficient (Wildman–Crippen LogP) is 0.524. The molecule has 0 spiro atoms. The number of hydrogen-bond donors (Lipinski definition) is 1. The lowest BCUT2D eigenvalue weighted by Crippen LogP contribution is -2.44. The molecule has 1 aliphatic carbocycles. The van der Waals surface area contributed by atoms with Gasteiger partial charge < -0.3 is 15.4 Å². The lowest BCUT2D eigenvalue weighted by atomic mass is 10.1. The van der Waals surface area contributed by atoms with Crippen molar-refractivity contribution in [1.29, 1.82) is 0 Å². The van der Waals surface area contributed by atoms with Crippen LogP contribution in [0.15, 0.2) is 0 Å². The Kier molecular flexibility index (Phi) is 4.93. The summed E-state index contributed by atoms with van der Waals surface area (Å²) >= 11 is 0. The Hall–Kier alpha value is -1.10. The highest BCUT2D eigenvalue weighted by Crippen LogP contribution is 2.26. The summed E-state index contributed by atoms with van der Waals surface area (Å²) < 4.78 is 4.61. The molecule has 2 atom stereocenters. The smallest absolute Gasteiger partial charge is 0.325 e. The highest BCUT2D eigenvalue weighted by molar-refractivity contribution is 5.84. The third kappa shape index (κ3) is 3.70. The van der Waals surface area contributed by atoms with Gasteiger partial charge in [0, 0.05) is 18.0 Å². The number of methoxy groups -OCH3 is 1. The minimum atomic E-state index is -0.380. The van der Waals surface area contributed by atoms with Crippen molar-refractivity contribution in [2.45, 2.75) is 45.2 Å². The van der Waals surface area contributed by atoms with Crippen LogP contribution in [0.2, 0.25) is 0 Å². The van der Waals surface area contributed by atoms with Crippen molar-refractivity contribution in [3.63, 3.8) is 0 Å². The highest BCUT2D eigenvalue weighted by atomic mass is 16.5. The maximum Gasteiger partial charge on any atom is 0.325 e. The molecule has 5 nitrogen and oxygen atoms in total. The molecule has 1 fully saturated rings. The zero-order chi connectivity index (χ0) is 13.0. The van der Waals surface area contributed by atoms with E-state index in [1.54, 1.807) is 4.90 Å². The molecule has 1 amide bonds. The SMILES string of the molecule is COC(=O)CN(C(=O)C1CCC(N)C1)C(C)C. The summed E-state index contributed by atoms with van der Waals surface area (Å²) in [6, 6.07) is 0.120. The van der Waals surface area contributed by atoms with Crippen molar-refractivity contribution in [2.75, 3.05) is 13.7 Å². The molecule has 0 aromatic heterocycles. The molecule has 0 aromatic rings. The van der Waals surface area contributed by atoms with Gasteiger partial charge in [0.25, 0.3) is 0 Å². The maximum atomic E-state index is 12.2. The van der Waals surface area contributed by atoms with E-state index in [2.05, 4.69) is 4.74 Å². The zero-order valence-corrected chi connectivity index (χ0v) is 10.8. The average molecular weight is 242 g/mol. The van der Waals surface area contributed by atoms with E-state index >= 15 is 0 Å². The zero-order valence-electron chi connectivity index (χ0n) is 10.8. The summed E-state index contributed by atoms with van der Waals surface area (Å²) in [5.41, 5.74) is 5.80. The number of esters is 1. The minimum Gasteiger partial charge on any atom is -0.468 e. The lowest BCUT2D eigenvalue weighted by Gasteiger charge is -2.28. The fourth-order valence-electron chi connectivity index (χ4n) is 2.19. The third-order valence-electron chi connectivity index (χ3n) is 3.26. The molecule has 1 rings (SSSR count). The maximum absolute atomic E-state index is 12.2. The highest BCUT2D eigenvalue weighted by Gasteiger charge is 2.32. The second-order valence-corrected chi connectivity index (χ2v) is 4.91. The molecule has 1 aliphatic rings.